The molecule has 1 aromatic carbocycles. The zero-order valence-electron chi connectivity index (χ0n) is 9.68. The fourth-order valence-corrected chi connectivity index (χ4v) is 2.62. The Hall–Kier alpha value is -1.62. The molecule has 1 heterocycles. The standard InChI is InChI=1S/C13H9F3OS/c1-6-5-9(7(2)18-6)13(17)8-3-4-10(14)12(16)11(8)15/h3-5H,1-2H3. The number of benzene rings is 1. The Bertz CT molecular complexity index is 631. The smallest absolute Gasteiger partial charge is 0.197 e. The lowest BCUT2D eigenvalue weighted by Crippen LogP contribution is -2.07. The van der Waals surface area contributed by atoms with Crippen molar-refractivity contribution in [2.45, 2.75) is 13.8 Å². The number of carbonyl (C=O) groups is 1. The maximum Gasteiger partial charge on any atom is 0.197 e. The molecule has 0 aliphatic rings. The second-order valence-electron chi connectivity index (χ2n) is 3.88. The largest absolute Gasteiger partial charge is 0.288 e. The number of ketones is 1. The molecular formula is C13H9F3OS. The summed E-state index contributed by atoms with van der Waals surface area (Å²) in [6.07, 6.45) is 0. The fourth-order valence-electron chi connectivity index (χ4n) is 1.70. The summed E-state index contributed by atoms with van der Waals surface area (Å²) in [7, 11) is 0. The van der Waals surface area contributed by atoms with E-state index >= 15 is 0 Å². The average Bonchev–Trinajstić information content (AvgIpc) is 2.65. The molecule has 0 unspecified atom stereocenters. The minimum absolute atomic E-state index is 0.322. The predicted molar refractivity (Wildman–Crippen MR) is 63.5 cm³/mol. The average molecular weight is 270 g/mol. The van der Waals surface area contributed by atoms with Crippen molar-refractivity contribution >= 4 is 17.1 Å². The van der Waals surface area contributed by atoms with Gasteiger partial charge in [0.1, 0.15) is 0 Å². The van der Waals surface area contributed by atoms with Gasteiger partial charge in [0, 0.05) is 15.3 Å². The van der Waals surface area contributed by atoms with Crippen molar-refractivity contribution in [2.75, 3.05) is 0 Å². The summed E-state index contributed by atoms with van der Waals surface area (Å²) in [5, 5.41) is 0. The van der Waals surface area contributed by atoms with E-state index in [1.54, 1.807) is 13.0 Å². The maximum atomic E-state index is 13.5. The van der Waals surface area contributed by atoms with Gasteiger partial charge in [0.05, 0.1) is 5.56 Å². The van der Waals surface area contributed by atoms with Gasteiger partial charge in [-0.05, 0) is 32.0 Å². The maximum absolute atomic E-state index is 13.5. The Morgan fingerprint density at radius 1 is 1.06 bits per heavy atom. The van der Waals surface area contributed by atoms with E-state index in [0.29, 0.717) is 5.56 Å². The third kappa shape index (κ3) is 2.06. The van der Waals surface area contributed by atoms with Crippen LogP contribution in [0.1, 0.15) is 25.7 Å². The van der Waals surface area contributed by atoms with Crippen LogP contribution in [0.5, 0.6) is 0 Å². The molecule has 2 aromatic rings. The number of hydrogen-bond acceptors (Lipinski definition) is 2. The Balaban J connectivity index is 2.53. The summed E-state index contributed by atoms with van der Waals surface area (Å²) in [6.45, 7) is 3.54. The molecule has 0 saturated carbocycles. The van der Waals surface area contributed by atoms with Crippen molar-refractivity contribution in [2.24, 2.45) is 0 Å². The lowest BCUT2D eigenvalue weighted by Gasteiger charge is -2.03. The van der Waals surface area contributed by atoms with Crippen LogP contribution in [0.4, 0.5) is 13.2 Å². The number of rotatable bonds is 2. The van der Waals surface area contributed by atoms with Gasteiger partial charge in [-0.15, -0.1) is 11.3 Å². The molecule has 0 aliphatic carbocycles. The van der Waals surface area contributed by atoms with Gasteiger partial charge in [-0.3, -0.25) is 4.79 Å². The van der Waals surface area contributed by atoms with Crippen LogP contribution in [-0.4, -0.2) is 5.78 Å². The van der Waals surface area contributed by atoms with E-state index in [4.69, 9.17) is 0 Å². The van der Waals surface area contributed by atoms with E-state index < -0.39 is 28.8 Å². The van der Waals surface area contributed by atoms with Gasteiger partial charge in [0.25, 0.3) is 0 Å². The van der Waals surface area contributed by atoms with Gasteiger partial charge in [-0.1, -0.05) is 0 Å². The zero-order valence-corrected chi connectivity index (χ0v) is 10.5. The monoisotopic (exact) mass is 270 g/mol. The molecule has 0 fully saturated rings. The molecule has 18 heavy (non-hydrogen) atoms. The number of thiophene rings is 1. The highest BCUT2D eigenvalue weighted by Gasteiger charge is 2.21. The van der Waals surface area contributed by atoms with Crippen molar-refractivity contribution < 1.29 is 18.0 Å². The number of hydrogen-bond donors (Lipinski definition) is 0. The first-order valence-corrected chi connectivity index (χ1v) is 5.98. The van der Waals surface area contributed by atoms with Crippen LogP contribution in [0.3, 0.4) is 0 Å². The molecular weight excluding hydrogens is 261 g/mol. The molecule has 1 aromatic heterocycles. The second-order valence-corrected chi connectivity index (χ2v) is 5.34. The van der Waals surface area contributed by atoms with Crippen molar-refractivity contribution in [3.05, 3.63) is 56.5 Å². The lowest BCUT2D eigenvalue weighted by atomic mass is 10.0. The van der Waals surface area contributed by atoms with Gasteiger partial charge in [0.2, 0.25) is 0 Å². The summed E-state index contributed by atoms with van der Waals surface area (Å²) in [6, 6.07) is 3.33. The first-order valence-electron chi connectivity index (χ1n) is 5.17. The van der Waals surface area contributed by atoms with Crippen LogP contribution in [0.2, 0.25) is 0 Å². The molecule has 0 aliphatic heterocycles. The highest BCUT2D eigenvalue weighted by Crippen LogP contribution is 2.25. The lowest BCUT2D eigenvalue weighted by molar-refractivity contribution is 0.103. The first kappa shape index (κ1) is 12.8. The minimum Gasteiger partial charge on any atom is -0.288 e. The van der Waals surface area contributed by atoms with E-state index in [0.717, 1.165) is 21.9 Å². The zero-order chi connectivity index (χ0) is 13.4. The van der Waals surface area contributed by atoms with Crippen LogP contribution in [-0.2, 0) is 0 Å². The van der Waals surface area contributed by atoms with Gasteiger partial charge in [-0.25, -0.2) is 13.2 Å². The van der Waals surface area contributed by atoms with Crippen LogP contribution in [0.25, 0.3) is 0 Å². The normalized spacial score (nSPS) is 10.7. The molecule has 0 atom stereocenters. The van der Waals surface area contributed by atoms with Crippen LogP contribution in [0.15, 0.2) is 18.2 Å². The third-order valence-electron chi connectivity index (χ3n) is 2.57. The number of aryl methyl sites for hydroxylation is 2. The van der Waals surface area contributed by atoms with Crippen molar-refractivity contribution in [1.82, 2.24) is 0 Å². The van der Waals surface area contributed by atoms with E-state index in [9.17, 15) is 18.0 Å². The molecule has 0 N–H and O–H groups in total. The topological polar surface area (TPSA) is 17.1 Å². The van der Waals surface area contributed by atoms with Gasteiger partial charge in [-0.2, -0.15) is 0 Å². The Labute approximate surface area is 106 Å². The van der Waals surface area contributed by atoms with Crippen LogP contribution < -0.4 is 0 Å². The molecule has 0 radical (unpaired) electrons. The SMILES string of the molecule is Cc1cc(C(=O)c2ccc(F)c(F)c2F)c(C)s1. The Morgan fingerprint density at radius 3 is 2.28 bits per heavy atom. The number of halogens is 3. The molecule has 94 valence electrons. The molecule has 1 nitrogen and oxygen atoms in total. The van der Waals surface area contributed by atoms with Crippen LogP contribution >= 0.6 is 11.3 Å². The molecule has 2 rings (SSSR count). The highest BCUT2D eigenvalue weighted by atomic mass is 32.1. The molecule has 0 saturated heterocycles. The third-order valence-corrected chi connectivity index (χ3v) is 3.53. The summed E-state index contributed by atoms with van der Waals surface area (Å²) in [5.74, 6) is -5.00. The van der Waals surface area contributed by atoms with Crippen molar-refractivity contribution in [3.63, 3.8) is 0 Å². The van der Waals surface area contributed by atoms with E-state index in [1.165, 1.54) is 11.3 Å². The summed E-state index contributed by atoms with van der Waals surface area (Å²) >= 11 is 1.39. The van der Waals surface area contributed by atoms with Gasteiger partial charge < -0.3 is 0 Å². The Kier molecular flexibility index (Phi) is 3.26. The number of carbonyl (C=O) groups excluding carboxylic acids is 1. The van der Waals surface area contributed by atoms with E-state index in [-0.39, 0.29) is 0 Å². The van der Waals surface area contributed by atoms with Gasteiger partial charge >= 0.3 is 0 Å². The molecule has 0 bridgehead atoms. The summed E-state index contributed by atoms with van der Waals surface area (Å²) < 4.78 is 39.4. The quantitative estimate of drug-likeness (QED) is 0.595. The molecule has 5 heteroatoms. The molecule has 0 spiro atoms. The van der Waals surface area contributed by atoms with Crippen LogP contribution in [0, 0.1) is 31.3 Å². The summed E-state index contributed by atoms with van der Waals surface area (Å²) in [4.78, 5) is 13.7. The van der Waals surface area contributed by atoms with E-state index in [1.807, 2.05) is 6.92 Å². The fraction of sp³-hybridized carbons (Fsp3) is 0.154. The Morgan fingerprint density at radius 2 is 1.72 bits per heavy atom. The summed E-state index contributed by atoms with van der Waals surface area (Å²) in [5.41, 5.74) is -0.128. The minimum atomic E-state index is -1.62. The molecule has 0 amide bonds. The highest BCUT2D eigenvalue weighted by molar-refractivity contribution is 7.12. The van der Waals surface area contributed by atoms with Crippen molar-refractivity contribution in [3.8, 4) is 0 Å². The first-order chi connectivity index (χ1) is 8.41. The van der Waals surface area contributed by atoms with E-state index in [2.05, 4.69) is 0 Å². The van der Waals surface area contributed by atoms with Crippen molar-refractivity contribution in [1.29, 1.82) is 0 Å². The second kappa shape index (κ2) is 4.57. The van der Waals surface area contributed by atoms with Gasteiger partial charge in [0.15, 0.2) is 23.2 Å². The predicted octanol–water partition coefficient (Wildman–Crippen LogP) is 4.01.